The van der Waals surface area contributed by atoms with Gasteiger partial charge in [0, 0.05) is 32.8 Å². The lowest BCUT2D eigenvalue weighted by atomic mass is 10.1. The predicted molar refractivity (Wildman–Crippen MR) is 147 cm³/mol. The summed E-state index contributed by atoms with van der Waals surface area (Å²) in [7, 11) is 3.03. The topological polar surface area (TPSA) is 115 Å². The summed E-state index contributed by atoms with van der Waals surface area (Å²) >= 11 is 15.5. The average molecular weight is 622 g/mol. The maximum absolute atomic E-state index is 12.3. The summed E-state index contributed by atoms with van der Waals surface area (Å²) < 4.78 is 22.6. The third-order valence-corrected chi connectivity index (χ3v) is 6.74. The summed E-state index contributed by atoms with van der Waals surface area (Å²) in [4.78, 5) is 16.5. The van der Waals surface area contributed by atoms with Crippen LogP contribution in [-0.2, 0) is 22.7 Å². The molecule has 2 aromatic carbocycles. The number of ether oxygens (including phenoxy) is 4. The molecule has 0 bridgehead atoms. The van der Waals surface area contributed by atoms with Crippen LogP contribution in [0, 0.1) is 18.3 Å². The van der Waals surface area contributed by atoms with E-state index in [4.69, 9.17) is 42.1 Å². The van der Waals surface area contributed by atoms with Gasteiger partial charge in [-0.3, -0.25) is 4.79 Å². The largest absolute Gasteiger partial charge is 0.493 e. The molecule has 3 aromatic rings. The first-order valence-electron chi connectivity index (χ1n) is 11.0. The molecule has 0 aliphatic rings. The minimum atomic E-state index is -0.535. The molecule has 0 aliphatic carbocycles. The molecule has 0 spiro atoms. The van der Waals surface area contributed by atoms with Crippen LogP contribution in [0.5, 0.6) is 17.4 Å². The highest BCUT2D eigenvalue weighted by Gasteiger charge is 2.18. The van der Waals surface area contributed by atoms with Crippen molar-refractivity contribution in [3.8, 4) is 23.4 Å². The Kier molecular flexibility index (Phi) is 10.7. The fourth-order valence-corrected chi connectivity index (χ4v) is 4.10. The van der Waals surface area contributed by atoms with Gasteiger partial charge in [-0.1, -0.05) is 29.3 Å². The molecular weight excluding hydrogens is 599 g/mol. The summed E-state index contributed by atoms with van der Waals surface area (Å²) in [6.45, 7) is 1.76. The number of hydrogen-bond donors (Lipinski definition) is 1. The van der Waals surface area contributed by atoms with Crippen molar-refractivity contribution in [3.63, 3.8) is 0 Å². The van der Waals surface area contributed by atoms with Crippen molar-refractivity contribution in [2.75, 3.05) is 20.8 Å². The standard InChI is InChI=1S/C26H23BrCl2N4O5/c1-15-25(27)20(13-35-2)19(10-30)26(32-15)38-14-24(34)33-31-11-16-4-7-22(23(8-16)36-3)37-12-17-5-6-18(28)9-21(17)29/h4-9,11H,12-14H2,1-3H3,(H,33,34)/b31-11+. The van der Waals surface area contributed by atoms with Crippen molar-refractivity contribution in [2.45, 2.75) is 20.1 Å². The van der Waals surface area contributed by atoms with Gasteiger partial charge in [-0.2, -0.15) is 10.4 Å². The quantitative estimate of drug-likeness (QED) is 0.219. The number of aryl methyl sites for hydroxylation is 1. The van der Waals surface area contributed by atoms with E-state index in [0.717, 1.165) is 5.56 Å². The van der Waals surface area contributed by atoms with Crippen molar-refractivity contribution < 1.29 is 23.7 Å². The molecule has 3 rings (SSSR count). The number of nitrogens with one attached hydrogen (secondary N) is 1. The summed E-state index contributed by atoms with van der Waals surface area (Å²) in [6, 6.07) is 12.4. The second-order valence-corrected chi connectivity index (χ2v) is 9.37. The van der Waals surface area contributed by atoms with Gasteiger partial charge in [0.25, 0.3) is 5.91 Å². The Bertz CT molecular complexity index is 1400. The lowest BCUT2D eigenvalue weighted by Gasteiger charge is -2.13. The molecule has 0 unspecified atom stereocenters. The van der Waals surface area contributed by atoms with Gasteiger partial charge < -0.3 is 18.9 Å². The van der Waals surface area contributed by atoms with Crippen molar-refractivity contribution in [1.82, 2.24) is 10.4 Å². The van der Waals surface area contributed by atoms with E-state index in [1.54, 1.807) is 43.3 Å². The SMILES string of the molecule is COCc1c(Br)c(C)nc(OCC(=O)N/N=C/c2ccc(OCc3ccc(Cl)cc3Cl)c(OC)c2)c1C#N. The van der Waals surface area contributed by atoms with Crippen molar-refractivity contribution in [3.05, 3.63) is 78.9 Å². The third-order valence-electron chi connectivity index (χ3n) is 5.10. The molecule has 0 atom stereocenters. The fraction of sp³-hybridized carbons (Fsp3) is 0.231. The minimum Gasteiger partial charge on any atom is -0.493 e. The number of benzene rings is 2. The van der Waals surface area contributed by atoms with E-state index in [-0.39, 0.29) is 24.7 Å². The van der Waals surface area contributed by atoms with Gasteiger partial charge in [0.1, 0.15) is 18.2 Å². The number of methoxy groups -OCH3 is 2. The second kappa shape index (κ2) is 14.0. The van der Waals surface area contributed by atoms with Crippen LogP contribution in [-0.4, -0.2) is 37.9 Å². The van der Waals surface area contributed by atoms with Gasteiger partial charge in [-0.25, -0.2) is 10.4 Å². The first-order valence-corrected chi connectivity index (χ1v) is 12.6. The monoisotopic (exact) mass is 620 g/mol. The number of carbonyl (C=O) groups excluding carboxylic acids is 1. The molecule has 38 heavy (non-hydrogen) atoms. The number of nitriles is 1. The van der Waals surface area contributed by atoms with Crippen LogP contribution >= 0.6 is 39.1 Å². The fourth-order valence-electron chi connectivity index (χ4n) is 3.24. The maximum atomic E-state index is 12.3. The first-order chi connectivity index (χ1) is 18.3. The molecule has 1 aromatic heterocycles. The summed E-state index contributed by atoms with van der Waals surface area (Å²) in [5.41, 5.74) is 5.19. The van der Waals surface area contributed by atoms with E-state index in [1.165, 1.54) is 20.4 Å². The molecule has 1 amide bonds. The summed E-state index contributed by atoms with van der Waals surface area (Å²) in [5.74, 6) is 0.486. The number of carbonyl (C=O) groups is 1. The smallest absolute Gasteiger partial charge is 0.278 e. The number of halogens is 3. The molecule has 12 heteroatoms. The van der Waals surface area contributed by atoms with Gasteiger partial charge in [0.05, 0.1) is 25.6 Å². The normalized spacial score (nSPS) is 10.8. The van der Waals surface area contributed by atoms with Crippen LogP contribution in [0.4, 0.5) is 0 Å². The molecule has 0 saturated carbocycles. The molecule has 0 saturated heterocycles. The van der Waals surface area contributed by atoms with Crippen LogP contribution in [0.2, 0.25) is 10.0 Å². The number of rotatable bonds is 11. The Balaban J connectivity index is 1.60. The van der Waals surface area contributed by atoms with Crippen molar-refractivity contribution >= 4 is 51.3 Å². The zero-order valence-electron chi connectivity index (χ0n) is 20.7. The van der Waals surface area contributed by atoms with E-state index >= 15 is 0 Å². The molecule has 1 N–H and O–H groups in total. The Hall–Kier alpha value is -3.36. The highest BCUT2D eigenvalue weighted by molar-refractivity contribution is 9.10. The van der Waals surface area contributed by atoms with Crippen molar-refractivity contribution in [1.29, 1.82) is 5.26 Å². The highest BCUT2D eigenvalue weighted by atomic mass is 79.9. The van der Waals surface area contributed by atoms with Gasteiger partial charge in [0.15, 0.2) is 18.1 Å². The van der Waals surface area contributed by atoms with Crippen LogP contribution in [0.3, 0.4) is 0 Å². The van der Waals surface area contributed by atoms with Gasteiger partial charge in [0.2, 0.25) is 5.88 Å². The zero-order chi connectivity index (χ0) is 27.7. The molecule has 0 aliphatic heterocycles. The maximum Gasteiger partial charge on any atom is 0.278 e. The number of nitrogens with zero attached hydrogens (tertiary/aromatic N) is 3. The van der Waals surface area contributed by atoms with Crippen molar-refractivity contribution in [2.24, 2.45) is 5.10 Å². The molecule has 198 valence electrons. The first kappa shape index (κ1) is 29.2. The van der Waals surface area contributed by atoms with E-state index in [1.807, 2.05) is 0 Å². The van der Waals surface area contributed by atoms with Gasteiger partial charge in [-0.15, -0.1) is 0 Å². The van der Waals surface area contributed by atoms with Gasteiger partial charge in [-0.05, 0) is 58.7 Å². The Morgan fingerprint density at radius 3 is 2.63 bits per heavy atom. The minimum absolute atomic E-state index is 0.0413. The van der Waals surface area contributed by atoms with Gasteiger partial charge >= 0.3 is 0 Å². The zero-order valence-corrected chi connectivity index (χ0v) is 23.8. The van der Waals surface area contributed by atoms with E-state index in [2.05, 4.69) is 37.5 Å². The lowest BCUT2D eigenvalue weighted by Crippen LogP contribution is -2.25. The third kappa shape index (κ3) is 7.58. The van der Waals surface area contributed by atoms with Crippen LogP contribution in [0.1, 0.15) is 27.9 Å². The number of amides is 1. The van der Waals surface area contributed by atoms with Crippen LogP contribution in [0.25, 0.3) is 0 Å². The molecule has 1 heterocycles. The molecule has 9 nitrogen and oxygen atoms in total. The van der Waals surface area contributed by atoms with Crippen LogP contribution in [0.15, 0.2) is 46.0 Å². The molecule has 0 fully saturated rings. The highest BCUT2D eigenvalue weighted by Crippen LogP contribution is 2.31. The number of aromatic nitrogens is 1. The number of hydrazone groups is 1. The number of pyridine rings is 1. The van der Waals surface area contributed by atoms with E-state index in [9.17, 15) is 10.1 Å². The Morgan fingerprint density at radius 2 is 1.95 bits per heavy atom. The summed E-state index contributed by atoms with van der Waals surface area (Å²) in [6.07, 6.45) is 1.44. The summed E-state index contributed by atoms with van der Waals surface area (Å²) in [5, 5.41) is 14.5. The van der Waals surface area contributed by atoms with E-state index in [0.29, 0.717) is 42.8 Å². The Labute approximate surface area is 238 Å². The number of hydrogen-bond acceptors (Lipinski definition) is 8. The average Bonchev–Trinajstić information content (AvgIpc) is 2.90. The molecular formula is C26H23BrCl2N4O5. The lowest BCUT2D eigenvalue weighted by molar-refractivity contribution is -0.123. The van der Waals surface area contributed by atoms with E-state index < -0.39 is 12.5 Å². The molecule has 0 radical (unpaired) electrons. The predicted octanol–water partition coefficient (Wildman–Crippen LogP) is 5.59. The van der Waals surface area contributed by atoms with Crippen LogP contribution < -0.4 is 19.6 Å². The second-order valence-electron chi connectivity index (χ2n) is 7.73. The Morgan fingerprint density at radius 1 is 1.16 bits per heavy atom.